The van der Waals surface area contributed by atoms with Crippen LogP contribution < -0.4 is 0 Å². The molecule has 1 saturated carbocycles. The van der Waals surface area contributed by atoms with Crippen LogP contribution in [0.25, 0.3) is 0 Å². The highest BCUT2D eigenvalue weighted by molar-refractivity contribution is 5.77. The second-order valence-electron chi connectivity index (χ2n) is 9.51. The summed E-state index contributed by atoms with van der Waals surface area (Å²) in [5.41, 5.74) is 3.88. The Morgan fingerprint density at radius 1 is 1.30 bits per heavy atom. The summed E-state index contributed by atoms with van der Waals surface area (Å²) in [6.45, 7) is 11.0. The van der Waals surface area contributed by atoms with Crippen LogP contribution in [0.4, 0.5) is 0 Å². The van der Waals surface area contributed by atoms with Crippen molar-refractivity contribution in [2.24, 2.45) is 11.3 Å². The van der Waals surface area contributed by atoms with Crippen molar-refractivity contribution in [3.05, 3.63) is 34.9 Å². The summed E-state index contributed by atoms with van der Waals surface area (Å²) >= 11 is 0. The first-order valence-electron chi connectivity index (χ1n) is 10.7. The van der Waals surface area contributed by atoms with Gasteiger partial charge in [0.1, 0.15) is 6.61 Å². The largest absolute Gasteiger partial charge is 0.463 e. The fraction of sp³-hybridized carbons (Fsp3) is 0.708. The predicted molar refractivity (Wildman–Crippen MR) is 109 cm³/mol. The van der Waals surface area contributed by atoms with Crippen LogP contribution in [0.1, 0.15) is 89.3 Å². The highest BCUT2D eigenvalue weighted by Crippen LogP contribution is 2.57. The minimum atomic E-state index is -0.561. The zero-order valence-corrected chi connectivity index (χ0v) is 17.7. The fourth-order valence-corrected chi connectivity index (χ4v) is 5.57. The standard InChI is InChI=1S/C24H36O3/c1-6-19(25)15-27-22(26)24(5)13-7-12-23(4)20-10-8-17(16(2)3)14-18(20)9-11-21(23)24/h8,10,14,16,19,21,25H,6-7,9,11-13,15H2,1-5H3. The molecule has 0 heterocycles. The molecule has 1 N–H and O–H groups in total. The molecule has 4 atom stereocenters. The minimum absolute atomic E-state index is 0.0263. The predicted octanol–water partition coefficient (Wildman–Crippen LogP) is 5.13. The third kappa shape index (κ3) is 3.55. The molecule has 3 rings (SSSR count). The SMILES string of the molecule is CCC(O)COC(=O)C1(C)CCCC2(C)c3ccc(C(C)C)cc3CCC12. The van der Waals surface area contributed by atoms with E-state index in [4.69, 9.17) is 4.74 Å². The van der Waals surface area contributed by atoms with Crippen molar-refractivity contribution in [1.29, 1.82) is 0 Å². The van der Waals surface area contributed by atoms with Crippen LogP contribution in [0.3, 0.4) is 0 Å². The average molecular weight is 373 g/mol. The molecule has 0 radical (unpaired) electrons. The molecular formula is C24H36O3. The summed E-state index contributed by atoms with van der Waals surface area (Å²) in [5, 5.41) is 9.80. The van der Waals surface area contributed by atoms with Gasteiger partial charge < -0.3 is 9.84 Å². The van der Waals surface area contributed by atoms with E-state index in [0.717, 1.165) is 32.1 Å². The van der Waals surface area contributed by atoms with E-state index in [1.807, 2.05) is 6.92 Å². The van der Waals surface area contributed by atoms with Gasteiger partial charge in [0, 0.05) is 0 Å². The molecule has 0 amide bonds. The van der Waals surface area contributed by atoms with Gasteiger partial charge in [0.25, 0.3) is 0 Å². The lowest BCUT2D eigenvalue weighted by Crippen LogP contribution is -2.53. The Labute approximate surface area is 164 Å². The number of esters is 1. The van der Waals surface area contributed by atoms with Crippen LogP contribution in [0, 0.1) is 11.3 Å². The Kier molecular flexibility index (Phi) is 5.72. The number of aliphatic hydroxyl groups excluding tert-OH is 1. The van der Waals surface area contributed by atoms with E-state index >= 15 is 0 Å². The van der Waals surface area contributed by atoms with E-state index in [1.54, 1.807) is 0 Å². The quantitative estimate of drug-likeness (QED) is 0.729. The molecule has 0 aliphatic heterocycles. The minimum Gasteiger partial charge on any atom is -0.463 e. The highest BCUT2D eigenvalue weighted by atomic mass is 16.5. The second-order valence-corrected chi connectivity index (χ2v) is 9.51. The Balaban J connectivity index is 1.90. The molecule has 1 aromatic rings. The van der Waals surface area contributed by atoms with Gasteiger partial charge in [-0.1, -0.05) is 52.3 Å². The maximum Gasteiger partial charge on any atom is 0.312 e. The Bertz CT molecular complexity index is 695. The summed E-state index contributed by atoms with van der Waals surface area (Å²) < 4.78 is 5.58. The number of benzene rings is 1. The first-order valence-corrected chi connectivity index (χ1v) is 10.7. The van der Waals surface area contributed by atoms with E-state index in [2.05, 4.69) is 45.9 Å². The Hall–Kier alpha value is -1.35. The third-order valence-electron chi connectivity index (χ3n) is 7.39. The van der Waals surface area contributed by atoms with Crippen molar-refractivity contribution >= 4 is 5.97 Å². The molecule has 3 nitrogen and oxygen atoms in total. The average Bonchev–Trinajstić information content (AvgIpc) is 2.65. The first kappa shape index (κ1) is 20.4. The monoisotopic (exact) mass is 372 g/mol. The molecule has 1 aromatic carbocycles. The molecule has 0 spiro atoms. The summed E-state index contributed by atoms with van der Waals surface area (Å²) in [6.07, 6.45) is 5.18. The normalized spacial score (nSPS) is 31.1. The van der Waals surface area contributed by atoms with Crippen molar-refractivity contribution in [3.63, 3.8) is 0 Å². The molecule has 2 aliphatic rings. The Morgan fingerprint density at radius 2 is 2.04 bits per heavy atom. The van der Waals surface area contributed by atoms with Gasteiger partial charge in [-0.15, -0.1) is 0 Å². The van der Waals surface area contributed by atoms with Crippen LogP contribution in [-0.4, -0.2) is 23.8 Å². The van der Waals surface area contributed by atoms with Crippen molar-refractivity contribution in [3.8, 4) is 0 Å². The molecule has 0 bridgehead atoms. The van der Waals surface area contributed by atoms with Crippen LogP contribution >= 0.6 is 0 Å². The van der Waals surface area contributed by atoms with E-state index < -0.39 is 11.5 Å². The lowest BCUT2D eigenvalue weighted by atomic mass is 9.49. The molecule has 2 aliphatic carbocycles. The van der Waals surface area contributed by atoms with Crippen molar-refractivity contribution in [2.75, 3.05) is 6.61 Å². The number of rotatable bonds is 5. The highest BCUT2D eigenvalue weighted by Gasteiger charge is 2.55. The van der Waals surface area contributed by atoms with Gasteiger partial charge in [-0.3, -0.25) is 4.79 Å². The zero-order valence-electron chi connectivity index (χ0n) is 17.7. The smallest absolute Gasteiger partial charge is 0.312 e. The number of carbonyl (C=O) groups is 1. The number of aryl methyl sites for hydroxylation is 1. The number of carbonyl (C=O) groups excluding carboxylic acids is 1. The molecule has 150 valence electrons. The van der Waals surface area contributed by atoms with Gasteiger partial charge in [-0.2, -0.15) is 0 Å². The van der Waals surface area contributed by atoms with E-state index in [-0.39, 0.29) is 18.0 Å². The number of hydrogen-bond donors (Lipinski definition) is 1. The van der Waals surface area contributed by atoms with E-state index in [0.29, 0.717) is 18.3 Å². The van der Waals surface area contributed by atoms with Crippen molar-refractivity contribution < 1.29 is 14.6 Å². The van der Waals surface area contributed by atoms with E-state index in [9.17, 15) is 9.90 Å². The van der Waals surface area contributed by atoms with Crippen LogP contribution in [0.2, 0.25) is 0 Å². The summed E-state index contributed by atoms with van der Waals surface area (Å²) in [5.74, 6) is 0.716. The van der Waals surface area contributed by atoms with Crippen molar-refractivity contribution in [2.45, 2.75) is 90.6 Å². The van der Waals surface area contributed by atoms with Gasteiger partial charge >= 0.3 is 5.97 Å². The Morgan fingerprint density at radius 3 is 2.70 bits per heavy atom. The zero-order chi connectivity index (χ0) is 19.8. The molecule has 4 unspecified atom stereocenters. The third-order valence-corrected chi connectivity index (χ3v) is 7.39. The maximum absolute atomic E-state index is 13.1. The van der Waals surface area contributed by atoms with Crippen molar-refractivity contribution in [1.82, 2.24) is 0 Å². The number of aliphatic hydroxyl groups is 1. The summed E-state index contributed by atoms with van der Waals surface area (Å²) in [6, 6.07) is 7.00. The lowest BCUT2D eigenvalue weighted by molar-refractivity contribution is -0.167. The molecular weight excluding hydrogens is 336 g/mol. The molecule has 0 aromatic heterocycles. The molecule has 3 heteroatoms. The summed E-state index contributed by atoms with van der Waals surface area (Å²) in [7, 11) is 0. The van der Waals surface area contributed by atoms with Gasteiger partial charge in [0.05, 0.1) is 11.5 Å². The van der Waals surface area contributed by atoms with Crippen LogP contribution in [0.5, 0.6) is 0 Å². The van der Waals surface area contributed by atoms with Gasteiger partial charge in [0.15, 0.2) is 0 Å². The second kappa shape index (κ2) is 7.58. The number of ether oxygens (including phenoxy) is 1. The molecule has 0 saturated heterocycles. The van der Waals surface area contributed by atoms with Gasteiger partial charge in [-0.05, 0) is 73.0 Å². The number of fused-ring (bicyclic) bond motifs is 3. The topological polar surface area (TPSA) is 46.5 Å². The molecule has 27 heavy (non-hydrogen) atoms. The van der Waals surface area contributed by atoms with E-state index in [1.165, 1.54) is 16.7 Å². The van der Waals surface area contributed by atoms with Crippen LogP contribution in [-0.2, 0) is 21.4 Å². The first-order chi connectivity index (χ1) is 12.7. The fourth-order valence-electron chi connectivity index (χ4n) is 5.57. The van der Waals surface area contributed by atoms with Gasteiger partial charge in [-0.25, -0.2) is 0 Å². The number of hydrogen-bond acceptors (Lipinski definition) is 3. The maximum atomic E-state index is 13.1. The molecule has 1 fully saturated rings. The summed E-state index contributed by atoms with van der Waals surface area (Å²) in [4.78, 5) is 13.1. The van der Waals surface area contributed by atoms with Crippen LogP contribution in [0.15, 0.2) is 18.2 Å². The lowest BCUT2D eigenvalue weighted by Gasteiger charge is -2.54. The van der Waals surface area contributed by atoms with Gasteiger partial charge in [0.2, 0.25) is 0 Å².